The lowest BCUT2D eigenvalue weighted by Gasteiger charge is -2.14. The summed E-state index contributed by atoms with van der Waals surface area (Å²) in [6, 6.07) is 3.89. The Kier molecular flexibility index (Phi) is 5.25. The van der Waals surface area contributed by atoms with E-state index >= 15 is 0 Å². The maximum absolute atomic E-state index is 12.0. The van der Waals surface area contributed by atoms with Crippen molar-refractivity contribution in [3.05, 3.63) is 42.7 Å². The minimum absolute atomic E-state index is 0.0114. The van der Waals surface area contributed by atoms with E-state index in [-0.39, 0.29) is 28.0 Å². The zero-order valence-electron chi connectivity index (χ0n) is 14.0. The molecule has 2 rings (SSSR count). The summed E-state index contributed by atoms with van der Waals surface area (Å²) in [6.45, 7) is 7.83. The largest absolute Gasteiger partial charge is 0.349 e. The Labute approximate surface area is 143 Å². The van der Waals surface area contributed by atoms with E-state index < -0.39 is 11.2 Å². The van der Waals surface area contributed by atoms with Crippen molar-refractivity contribution in [2.24, 2.45) is 0 Å². The molecule has 0 aromatic rings. The molecular weight excluding hydrogens is 320 g/mol. The highest BCUT2D eigenvalue weighted by atomic mass is 16.2. The molecule has 8 nitrogen and oxygen atoms in total. The van der Waals surface area contributed by atoms with Crippen LogP contribution in [-0.2, 0) is 6.54 Å². The van der Waals surface area contributed by atoms with Gasteiger partial charge in [-0.3, -0.25) is 9.78 Å². The van der Waals surface area contributed by atoms with E-state index in [1.165, 1.54) is 13.0 Å². The SMILES string of the molecule is C=c1nc2c(=O)[nH]c(=O)nc-2n(CCCC)/c1=C/C(C#N)=C(\C)C#N. The number of allylic oxidation sites excluding steroid dienone is 2. The highest BCUT2D eigenvalue weighted by Gasteiger charge is 2.16. The predicted molar refractivity (Wildman–Crippen MR) is 91.6 cm³/mol. The molecule has 0 aromatic carbocycles. The standard InChI is InChI=1S/C17H16N6O2/c1-4-5-6-23-13(7-12(9-19)10(2)8-18)11(3)20-14-15(23)21-17(25)22-16(14)24/h7H,3-6H2,1-2H3,(H,22,24,25)/b12-10-,13-7+. The van der Waals surface area contributed by atoms with Crippen LogP contribution in [-0.4, -0.2) is 19.5 Å². The lowest BCUT2D eigenvalue weighted by molar-refractivity contribution is 0.601. The van der Waals surface area contributed by atoms with Crippen molar-refractivity contribution in [1.29, 1.82) is 10.5 Å². The number of aromatic amines is 1. The average Bonchev–Trinajstić information content (AvgIpc) is 2.58. The molecule has 0 aliphatic carbocycles. The molecule has 126 valence electrons. The second-order valence-corrected chi connectivity index (χ2v) is 5.40. The van der Waals surface area contributed by atoms with Crippen molar-refractivity contribution in [3.8, 4) is 23.7 Å². The summed E-state index contributed by atoms with van der Waals surface area (Å²) in [7, 11) is 0. The minimum Gasteiger partial charge on any atom is -0.322 e. The Bertz CT molecular complexity index is 1120. The normalized spacial score (nSPS) is 12.6. The molecule has 0 fully saturated rings. The van der Waals surface area contributed by atoms with Crippen LogP contribution < -0.4 is 21.9 Å². The molecule has 0 amide bonds. The third kappa shape index (κ3) is 3.54. The van der Waals surface area contributed by atoms with Gasteiger partial charge >= 0.3 is 5.69 Å². The summed E-state index contributed by atoms with van der Waals surface area (Å²) in [5.74, 6) is 0.132. The van der Waals surface area contributed by atoms with E-state index in [9.17, 15) is 14.9 Å². The number of nitriles is 2. The first-order valence-electron chi connectivity index (χ1n) is 7.65. The first-order chi connectivity index (χ1) is 11.9. The quantitative estimate of drug-likeness (QED) is 0.769. The number of fused-ring (bicyclic) bond motifs is 1. The molecule has 2 heterocycles. The fraction of sp³-hybridized carbons (Fsp3) is 0.294. The number of nitrogens with one attached hydrogen (secondary N) is 1. The van der Waals surface area contributed by atoms with Crippen molar-refractivity contribution in [1.82, 2.24) is 19.5 Å². The van der Waals surface area contributed by atoms with Crippen LogP contribution in [0.15, 0.2) is 20.7 Å². The van der Waals surface area contributed by atoms with Gasteiger partial charge in [0.1, 0.15) is 6.07 Å². The first kappa shape index (κ1) is 17.8. The highest BCUT2D eigenvalue weighted by Crippen LogP contribution is 2.08. The van der Waals surface area contributed by atoms with E-state index in [0.29, 0.717) is 11.9 Å². The Morgan fingerprint density at radius 1 is 1.32 bits per heavy atom. The van der Waals surface area contributed by atoms with Crippen LogP contribution in [0.4, 0.5) is 0 Å². The summed E-state index contributed by atoms with van der Waals surface area (Å²) in [4.78, 5) is 33.7. The Morgan fingerprint density at radius 2 is 2.04 bits per heavy atom. The molecule has 1 N–H and O–H groups in total. The molecule has 0 aromatic heterocycles. The summed E-state index contributed by atoms with van der Waals surface area (Å²) in [6.07, 6.45) is 3.11. The molecule has 2 aliphatic heterocycles. The van der Waals surface area contributed by atoms with Gasteiger partial charge < -0.3 is 4.57 Å². The van der Waals surface area contributed by atoms with Crippen molar-refractivity contribution in [2.45, 2.75) is 33.2 Å². The van der Waals surface area contributed by atoms with Gasteiger partial charge in [-0.1, -0.05) is 19.9 Å². The first-order valence-corrected chi connectivity index (χ1v) is 7.65. The van der Waals surface area contributed by atoms with E-state index in [0.717, 1.165) is 12.8 Å². The maximum atomic E-state index is 12.0. The maximum Gasteiger partial charge on any atom is 0.349 e. The highest BCUT2D eigenvalue weighted by molar-refractivity contribution is 5.60. The van der Waals surface area contributed by atoms with Gasteiger partial charge in [-0.25, -0.2) is 9.78 Å². The second-order valence-electron chi connectivity index (χ2n) is 5.40. The van der Waals surface area contributed by atoms with Crippen molar-refractivity contribution in [3.63, 3.8) is 0 Å². The lowest BCUT2D eigenvalue weighted by atomic mass is 10.1. The third-order valence-electron chi connectivity index (χ3n) is 3.65. The molecule has 25 heavy (non-hydrogen) atoms. The summed E-state index contributed by atoms with van der Waals surface area (Å²) in [5, 5.41) is 19.0. The molecular formula is C17H16N6O2. The molecule has 0 atom stereocenters. The number of nitrogens with zero attached hydrogens (tertiary/aromatic N) is 5. The van der Waals surface area contributed by atoms with Gasteiger partial charge in [0.05, 0.1) is 22.3 Å². The Balaban J connectivity index is 3.01. The van der Waals surface area contributed by atoms with Gasteiger partial charge in [0.25, 0.3) is 5.56 Å². The van der Waals surface area contributed by atoms with Crippen LogP contribution >= 0.6 is 0 Å². The molecule has 0 saturated heterocycles. The van der Waals surface area contributed by atoms with Crippen LogP contribution in [0.3, 0.4) is 0 Å². The van der Waals surface area contributed by atoms with E-state index in [2.05, 4.69) is 21.5 Å². The molecule has 0 radical (unpaired) electrons. The van der Waals surface area contributed by atoms with Crippen LogP contribution in [0.2, 0.25) is 0 Å². The fourth-order valence-electron chi connectivity index (χ4n) is 2.31. The average molecular weight is 336 g/mol. The van der Waals surface area contributed by atoms with Gasteiger partial charge in [0.15, 0.2) is 11.5 Å². The van der Waals surface area contributed by atoms with Crippen molar-refractivity contribution >= 4 is 12.7 Å². The predicted octanol–water partition coefficient (Wildman–Crippen LogP) is -0.214. The summed E-state index contributed by atoms with van der Waals surface area (Å²) < 4.78 is 1.65. The smallest absolute Gasteiger partial charge is 0.322 e. The second kappa shape index (κ2) is 7.37. The van der Waals surface area contributed by atoms with E-state index in [1.807, 2.05) is 19.1 Å². The number of aromatic nitrogens is 4. The third-order valence-corrected chi connectivity index (χ3v) is 3.65. The molecule has 2 aliphatic rings. The number of unbranched alkanes of at least 4 members (excludes halogenated alkanes) is 1. The molecule has 8 heteroatoms. The van der Waals surface area contributed by atoms with Gasteiger partial charge in [-0.15, -0.1) is 0 Å². The number of hydrogen-bond donors (Lipinski definition) is 1. The Hall–Kier alpha value is -3.52. The van der Waals surface area contributed by atoms with Gasteiger partial charge in [0, 0.05) is 12.1 Å². The van der Waals surface area contributed by atoms with E-state index in [4.69, 9.17) is 5.26 Å². The number of hydrogen-bond acceptors (Lipinski definition) is 6. The fourth-order valence-corrected chi connectivity index (χ4v) is 2.31. The van der Waals surface area contributed by atoms with Crippen LogP contribution in [0, 0.1) is 22.7 Å². The molecule has 0 spiro atoms. The van der Waals surface area contributed by atoms with Crippen LogP contribution in [0.5, 0.6) is 0 Å². The number of H-pyrrole nitrogens is 1. The summed E-state index contributed by atoms with van der Waals surface area (Å²) in [5.41, 5.74) is -0.992. The van der Waals surface area contributed by atoms with Crippen molar-refractivity contribution in [2.75, 3.05) is 0 Å². The zero-order valence-corrected chi connectivity index (χ0v) is 14.0. The lowest BCUT2D eigenvalue weighted by Crippen LogP contribution is -2.43. The monoisotopic (exact) mass is 336 g/mol. The Morgan fingerprint density at radius 3 is 2.64 bits per heavy atom. The van der Waals surface area contributed by atoms with Gasteiger partial charge in [0.2, 0.25) is 0 Å². The van der Waals surface area contributed by atoms with Crippen molar-refractivity contribution < 1.29 is 0 Å². The topological polar surface area (TPSA) is 128 Å². The van der Waals surface area contributed by atoms with Gasteiger partial charge in [-0.05, 0) is 19.4 Å². The van der Waals surface area contributed by atoms with E-state index in [1.54, 1.807) is 4.57 Å². The van der Waals surface area contributed by atoms with Gasteiger partial charge in [-0.2, -0.15) is 15.5 Å². The van der Waals surface area contributed by atoms with Crippen LogP contribution in [0.25, 0.3) is 24.2 Å². The zero-order chi connectivity index (χ0) is 18.6. The number of rotatable bonds is 4. The molecule has 0 bridgehead atoms. The summed E-state index contributed by atoms with van der Waals surface area (Å²) >= 11 is 0. The minimum atomic E-state index is -0.767. The molecule has 0 unspecified atom stereocenters. The van der Waals surface area contributed by atoms with Crippen LogP contribution in [0.1, 0.15) is 26.7 Å². The molecule has 0 saturated carbocycles.